The van der Waals surface area contributed by atoms with Crippen molar-refractivity contribution in [2.75, 3.05) is 15.8 Å². The van der Waals surface area contributed by atoms with Crippen LogP contribution in [0.15, 0.2) is 52.3 Å². The van der Waals surface area contributed by atoms with Crippen LogP contribution in [0.5, 0.6) is 0 Å². The lowest BCUT2D eigenvalue weighted by Crippen LogP contribution is -2.19. The Hall–Kier alpha value is -1.99. The summed E-state index contributed by atoms with van der Waals surface area (Å²) < 4.78 is 27.2. The van der Waals surface area contributed by atoms with Gasteiger partial charge in [0.05, 0.1) is 22.0 Å². The van der Waals surface area contributed by atoms with Gasteiger partial charge in [-0.1, -0.05) is 17.7 Å². The summed E-state index contributed by atoms with van der Waals surface area (Å²) in [6, 6.07) is 11.7. The van der Waals surface area contributed by atoms with Gasteiger partial charge in [0.15, 0.2) is 0 Å². The number of sulfonamides is 1. The molecule has 2 N–H and O–H groups in total. The van der Waals surface area contributed by atoms with E-state index in [1.54, 1.807) is 42.5 Å². The quantitative estimate of drug-likeness (QED) is 0.905. The fourth-order valence-corrected chi connectivity index (χ4v) is 3.92. The van der Waals surface area contributed by atoms with Gasteiger partial charge in [0.1, 0.15) is 0 Å². The molecule has 0 radical (unpaired) electrons. The molecule has 0 atom stereocenters. The van der Waals surface area contributed by atoms with Gasteiger partial charge in [-0.25, -0.2) is 8.42 Å². The van der Waals surface area contributed by atoms with Crippen molar-refractivity contribution in [3.8, 4) is 0 Å². The van der Waals surface area contributed by atoms with Crippen molar-refractivity contribution in [3.63, 3.8) is 0 Å². The van der Waals surface area contributed by atoms with Gasteiger partial charge in [-0.3, -0.25) is 9.52 Å². The number of aryl methyl sites for hydroxylation is 1. The van der Waals surface area contributed by atoms with E-state index in [1.165, 1.54) is 11.8 Å². The van der Waals surface area contributed by atoms with Crippen LogP contribution < -0.4 is 10.0 Å². The van der Waals surface area contributed by atoms with Crippen LogP contribution >= 0.6 is 11.8 Å². The predicted molar refractivity (Wildman–Crippen MR) is 87.8 cm³/mol. The molecule has 114 valence electrons. The molecule has 7 heteroatoms. The first-order valence-electron chi connectivity index (χ1n) is 6.60. The molecular formula is C15H14N2O3S2. The number of hydrogen-bond donors (Lipinski definition) is 2. The van der Waals surface area contributed by atoms with Gasteiger partial charge in [-0.15, -0.1) is 11.8 Å². The Morgan fingerprint density at radius 1 is 1.14 bits per heavy atom. The van der Waals surface area contributed by atoms with E-state index in [2.05, 4.69) is 10.0 Å². The fraction of sp³-hybridized carbons (Fsp3) is 0.133. The van der Waals surface area contributed by atoms with Crippen LogP contribution in [0, 0.1) is 6.92 Å². The van der Waals surface area contributed by atoms with Gasteiger partial charge in [-0.05, 0) is 37.3 Å². The smallest absolute Gasteiger partial charge is 0.261 e. The third-order valence-corrected chi connectivity index (χ3v) is 5.67. The molecule has 3 rings (SSSR count). The van der Waals surface area contributed by atoms with E-state index in [0.29, 0.717) is 17.1 Å². The lowest BCUT2D eigenvalue weighted by molar-refractivity contribution is -0.113. The van der Waals surface area contributed by atoms with Gasteiger partial charge in [0.2, 0.25) is 5.91 Å². The second-order valence-corrected chi connectivity index (χ2v) is 7.67. The van der Waals surface area contributed by atoms with Gasteiger partial charge in [-0.2, -0.15) is 0 Å². The lowest BCUT2D eigenvalue weighted by atomic mass is 10.2. The van der Waals surface area contributed by atoms with Crippen LogP contribution in [0.1, 0.15) is 5.56 Å². The molecular weight excluding hydrogens is 320 g/mol. The zero-order valence-electron chi connectivity index (χ0n) is 11.8. The lowest BCUT2D eigenvalue weighted by Gasteiger charge is -2.17. The fourth-order valence-electron chi connectivity index (χ4n) is 2.08. The maximum Gasteiger partial charge on any atom is 0.261 e. The molecule has 0 aliphatic carbocycles. The number of carbonyl (C=O) groups excluding carboxylic acids is 1. The molecule has 0 saturated heterocycles. The minimum Gasteiger partial charge on any atom is -0.324 e. The second-order valence-electron chi connectivity index (χ2n) is 4.97. The summed E-state index contributed by atoms with van der Waals surface area (Å²) >= 11 is 1.43. The molecule has 2 aromatic carbocycles. The van der Waals surface area contributed by atoms with E-state index in [9.17, 15) is 13.2 Å². The number of nitrogens with one attached hydrogen (secondary N) is 2. The molecule has 0 saturated carbocycles. The molecule has 0 aromatic heterocycles. The summed E-state index contributed by atoms with van der Waals surface area (Å²) in [6.07, 6.45) is 0. The van der Waals surface area contributed by atoms with Gasteiger partial charge >= 0.3 is 0 Å². The number of carbonyl (C=O) groups is 1. The van der Waals surface area contributed by atoms with Crippen molar-refractivity contribution < 1.29 is 13.2 Å². The van der Waals surface area contributed by atoms with Crippen molar-refractivity contribution in [2.24, 2.45) is 0 Å². The second kappa shape index (κ2) is 5.66. The number of fused-ring (bicyclic) bond motifs is 1. The van der Waals surface area contributed by atoms with Crippen molar-refractivity contribution in [3.05, 3.63) is 48.0 Å². The van der Waals surface area contributed by atoms with Crippen LogP contribution in [0.3, 0.4) is 0 Å². The summed E-state index contributed by atoms with van der Waals surface area (Å²) in [4.78, 5) is 12.5. The average Bonchev–Trinajstić information content (AvgIpc) is 2.47. The zero-order valence-corrected chi connectivity index (χ0v) is 13.4. The highest BCUT2D eigenvalue weighted by Crippen LogP contribution is 2.33. The van der Waals surface area contributed by atoms with Crippen molar-refractivity contribution in [2.45, 2.75) is 16.7 Å². The highest BCUT2D eigenvalue weighted by Gasteiger charge is 2.18. The number of rotatable bonds is 3. The molecule has 5 nitrogen and oxygen atoms in total. The summed E-state index contributed by atoms with van der Waals surface area (Å²) in [7, 11) is -3.64. The first-order chi connectivity index (χ1) is 10.4. The Labute approximate surface area is 133 Å². The van der Waals surface area contributed by atoms with Gasteiger partial charge in [0.25, 0.3) is 10.0 Å². The summed E-state index contributed by atoms with van der Waals surface area (Å²) in [5.74, 6) is 0.289. The third-order valence-electron chi connectivity index (χ3n) is 3.20. The highest BCUT2D eigenvalue weighted by atomic mass is 32.2. The molecule has 1 aliphatic rings. The van der Waals surface area contributed by atoms with E-state index < -0.39 is 10.0 Å². The van der Waals surface area contributed by atoms with Gasteiger partial charge in [0, 0.05) is 4.90 Å². The van der Waals surface area contributed by atoms with Crippen LogP contribution in [0.4, 0.5) is 11.4 Å². The Balaban J connectivity index is 1.88. The Kier molecular flexibility index (Phi) is 3.84. The topological polar surface area (TPSA) is 75.3 Å². The van der Waals surface area contributed by atoms with Crippen LogP contribution in [-0.4, -0.2) is 20.1 Å². The number of benzene rings is 2. The third kappa shape index (κ3) is 3.10. The largest absolute Gasteiger partial charge is 0.324 e. The molecule has 1 amide bonds. The first-order valence-corrected chi connectivity index (χ1v) is 9.07. The molecule has 0 bridgehead atoms. The summed E-state index contributed by atoms with van der Waals surface area (Å²) in [5, 5.41) is 2.74. The number of amides is 1. The maximum atomic E-state index is 12.3. The Morgan fingerprint density at radius 3 is 2.59 bits per heavy atom. The Morgan fingerprint density at radius 2 is 1.86 bits per heavy atom. The standard InChI is InChI=1S/C15H14N2O3S2/c1-10-2-5-12(6-3-10)22(19,20)17-11-4-7-14-13(8-11)16-15(18)9-21-14/h2-8,17H,9H2,1H3,(H,16,18). The van der Waals surface area contributed by atoms with Gasteiger partial charge < -0.3 is 5.32 Å². The monoisotopic (exact) mass is 334 g/mol. The molecule has 0 fully saturated rings. The highest BCUT2D eigenvalue weighted by molar-refractivity contribution is 8.00. The molecule has 22 heavy (non-hydrogen) atoms. The molecule has 1 aliphatic heterocycles. The average molecular weight is 334 g/mol. The van der Waals surface area contributed by atoms with Crippen molar-refractivity contribution >= 4 is 39.1 Å². The van der Waals surface area contributed by atoms with Crippen LogP contribution in [-0.2, 0) is 14.8 Å². The number of thioether (sulfide) groups is 1. The Bertz CT molecular complexity index is 830. The predicted octanol–water partition coefficient (Wildman–Crippen LogP) is 2.84. The summed E-state index contributed by atoms with van der Waals surface area (Å²) in [6.45, 7) is 1.90. The number of anilines is 2. The minimum absolute atomic E-state index is 0.0870. The summed E-state index contributed by atoms with van der Waals surface area (Å²) in [5.41, 5.74) is 2.04. The zero-order chi connectivity index (χ0) is 15.7. The maximum absolute atomic E-state index is 12.3. The van der Waals surface area contributed by atoms with Crippen LogP contribution in [0.25, 0.3) is 0 Å². The SMILES string of the molecule is Cc1ccc(S(=O)(=O)Nc2ccc3c(c2)NC(=O)CS3)cc1. The number of hydrogen-bond acceptors (Lipinski definition) is 4. The molecule has 0 spiro atoms. The first kappa shape index (κ1) is 14.9. The van der Waals surface area contributed by atoms with E-state index >= 15 is 0 Å². The minimum atomic E-state index is -3.64. The van der Waals surface area contributed by atoms with Crippen LogP contribution in [0.2, 0.25) is 0 Å². The normalized spacial score (nSPS) is 14.1. The molecule has 1 heterocycles. The van der Waals surface area contributed by atoms with E-state index in [4.69, 9.17) is 0 Å². The molecule has 2 aromatic rings. The van der Waals surface area contributed by atoms with E-state index in [-0.39, 0.29) is 10.8 Å². The van der Waals surface area contributed by atoms with Crippen molar-refractivity contribution in [1.29, 1.82) is 0 Å². The van der Waals surface area contributed by atoms with E-state index in [1.807, 2.05) is 6.92 Å². The van der Waals surface area contributed by atoms with Crippen molar-refractivity contribution in [1.82, 2.24) is 0 Å². The molecule has 0 unspecified atom stereocenters. The van der Waals surface area contributed by atoms with E-state index in [0.717, 1.165) is 10.5 Å².